The van der Waals surface area contributed by atoms with E-state index in [0.29, 0.717) is 32.1 Å². The minimum atomic E-state index is 0.146. The number of pyridine rings is 2. The molecule has 0 saturated heterocycles. The molecule has 0 aliphatic heterocycles. The summed E-state index contributed by atoms with van der Waals surface area (Å²) in [5, 5.41) is 2.37. The Morgan fingerprint density at radius 3 is 2.68 bits per heavy atom. The van der Waals surface area contributed by atoms with Crippen LogP contribution in [0.3, 0.4) is 0 Å². The molecule has 4 aromatic rings. The largest absolute Gasteiger partial charge is 0.474 e. The second-order valence-electron chi connectivity index (χ2n) is 8.69. The van der Waals surface area contributed by atoms with Gasteiger partial charge in [0, 0.05) is 86.0 Å². The maximum Gasteiger partial charge on any atom is 0.213 e. The molecule has 7 heteroatoms. The molecule has 1 aliphatic carbocycles. The normalized spacial score (nSPS) is 17.7. The quantitative estimate of drug-likeness (QED) is 0.239. The van der Waals surface area contributed by atoms with Gasteiger partial charge in [-0.3, -0.25) is 4.98 Å². The monoisotopic (exact) mass is 459 g/mol. The fourth-order valence-corrected chi connectivity index (χ4v) is 4.42. The Hall–Kier alpha value is -3.29. The van der Waals surface area contributed by atoms with Crippen molar-refractivity contribution in [1.29, 1.82) is 0 Å². The molecule has 34 heavy (non-hydrogen) atoms. The van der Waals surface area contributed by atoms with Gasteiger partial charge in [-0.25, -0.2) is 4.98 Å². The van der Waals surface area contributed by atoms with Crippen molar-refractivity contribution in [3.8, 4) is 17.0 Å². The highest BCUT2D eigenvalue weighted by Crippen LogP contribution is 2.32. The first-order valence-corrected chi connectivity index (χ1v) is 11.8. The first kappa shape index (κ1) is 22.5. The number of fused-ring (bicyclic) bond motifs is 3. The third kappa shape index (κ3) is 4.81. The molecule has 0 radical (unpaired) electrons. The summed E-state index contributed by atoms with van der Waals surface area (Å²) in [6, 6.07) is 12.5. The standard InChI is InChI=1S/C27H29N3O4/c1-30-25-8-9-28-18-24(25)23-6-4-19(14-26(23)30)20-5-7-27(29-17-20)34-22-15-21(16-22)33-13-3-12-32-11-2-10-31/h4-10,14,17-18,21-22H,2-3,11-13,15-16H2,1H3/t21-,22-. The van der Waals surface area contributed by atoms with Crippen LogP contribution in [0.5, 0.6) is 5.88 Å². The van der Waals surface area contributed by atoms with Crippen LogP contribution in [-0.4, -0.2) is 52.8 Å². The Balaban J connectivity index is 1.13. The van der Waals surface area contributed by atoms with Gasteiger partial charge in [0.25, 0.3) is 0 Å². The maximum atomic E-state index is 10.2. The number of benzene rings is 1. The summed E-state index contributed by atoms with van der Waals surface area (Å²) in [7, 11) is 2.09. The zero-order chi connectivity index (χ0) is 23.3. The van der Waals surface area contributed by atoms with E-state index in [2.05, 4.69) is 45.8 Å². The molecule has 0 atom stereocenters. The van der Waals surface area contributed by atoms with Crippen molar-refractivity contribution < 1.29 is 19.0 Å². The van der Waals surface area contributed by atoms with Gasteiger partial charge in [-0.15, -0.1) is 0 Å². The van der Waals surface area contributed by atoms with Crippen LogP contribution in [-0.2, 0) is 21.3 Å². The van der Waals surface area contributed by atoms with Crippen molar-refractivity contribution in [3.63, 3.8) is 0 Å². The summed E-state index contributed by atoms with van der Waals surface area (Å²) in [5.41, 5.74) is 4.53. The third-order valence-corrected chi connectivity index (χ3v) is 6.38. The Kier molecular flexibility index (Phi) is 6.83. The Morgan fingerprint density at radius 1 is 0.971 bits per heavy atom. The highest BCUT2D eigenvalue weighted by Gasteiger charge is 2.31. The van der Waals surface area contributed by atoms with Gasteiger partial charge >= 0.3 is 0 Å². The smallest absolute Gasteiger partial charge is 0.213 e. The molecule has 1 fully saturated rings. The number of carbonyl (C=O) groups excluding carboxylic acids is 1. The van der Waals surface area contributed by atoms with Crippen LogP contribution in [0, 0.1) is 0 Å². The van der Waals surface area contributed by atoms with Crippen molar-refractivity contribution in [3.05, 3.63) is 55.0 Å². The summed E-state index contributed by atoms with van der Waals surface area (Å²) in [6.07, 6.45) is 9.93. The van der Waals surface area contributed by atoms with E-state index in [1.54, 1.807) is 0 Å². The van der Waals surface area contributed by atoms with Crippen molar-refractivity contribution >= 4 is 28.1 Å². The van der Waals surface area contributed by atoms with Crippen molar-refractivity contribution in [2.45, 2.75) is 37.9 Å². The van der Waals surface area contributed by atoms with Gasteiger partial charge in [-0.05, 0) is 30.2 Å². The van der Waals surface area contributed by atoms with Gasteiger partial charge in [0.15, 0.2) is 0 Å². The summed E-state index contributed by atoms with van der Waals surface area (Å²) in [6.45, 7) is 1.79. The van der Waals surface area contributed by atoms with E-state index >= 15 is 0 Å². The number of nitrogens with zero attached hydrogens (tertiary/aromatic N) is 3. The zero-order valence-electron chi connectivity index (χ0n) is 19.4. The number of ether oxygens (including phenoxy) is 3. The van der Waals surface area contributed by atoms with Gasteiger partial charge in [0.1, 0.15) is 12.4 Å². The Labute approximate surface area is 198 Å². The average molecular weight is 460 g/mol. The number of aryl methyl sites for hydroxylation is 1. The predicted molar refractivity (Wildman–Crippen MR) is 131 cm³/mol. The molecule has 1 saturated carbocycles. The van der Waals surface area contributed by atoms with E-state index in [0.717, 1.165) is 36.7 Å². The molecule has 0 bridgehead atoms. The van der Waals surface area contributed by atoms with Crippen molar-refractivity contribution in [2.75, 3.05) is 19.8 Å². The predicted octanol–water partition coefficient (Wildman–Crippen LogP) is 4.71. The molecule has 5 rings (SSSR count). The highest BCUT2D eigenvalue weighted by atomic mass is 16.5. The van der Waals surface area contributed by atoms with Gasteiger partial charge in [0.05, 0.1) is 18.2 Å². The van der Waals surface area contributed by atoms with Crippen LogP contribution < -0.4 is 4.74 Å². The van der Waals surface area contributed by atoms with Crippen molar-refractivity contribution in [2.24, 2.45) is 7.05 Å². The van der Waals surface area contributed by atoms with E-state index in [-0.39, 0.29) is 12.2 Å². The molecule has 0 spiro atoms. The Morgan fingerprint density at radius 2 is 1.85 bits per heavy atom. The van der Waals surface area contributed by atoms with Gasteiger partial charge in [0.2, 0.25) is 5.88 Å². The van der Waals surface area contributed by atoms with E-state index < -0.39 is 0 Å². The summed E-state index contributed by atoms with van der Waals surface area (Å²) >= 11 is 0. The lowest BCUT2D eigenvalue weighted by atomic mass is 9.92. The number of rotatable bonds is 11. The van der Waals surface area contributed by atoms with E-state index in [4.69, 9.17) is 14.2 Å². The van der Waals surface area contributed by atoms with Crippen LogP contribution in [0.15, 0.2) is 55.0 Å². The summed E-state index contributed by atoms with van der Waals surface area (Å²) in [5.74, 6) is 0.646. The molecule has 3 aromatic heterocycles. The fraction of sp³-hybridized carbons (Fsp3) is 0.370. The zero-order valence-corrected chi connectivity index (χ0v) is 19.4. The molecule has 3 heterocycles. The number of hydrogen-bond acceptors (Lipinski definition) is 6. The number of aromatic nitrogens is 3. The highest BCUT2D eigenvalue weighted by molar-refractivity contribution is 6.08. The van der Waals surface area contributed by atoms with Crippen LogP contribution in [0.2, 0.25) is 0 Å². The maximum absolute atomic E-state index is 10.2. The minimum absolute atomic E-state index is 0.146. The van der Waals surface area contributed by atoms with Crippen molar-refractivity contribution in [1.82, 2.24) is 14.5 Å². The molecular weight excluding hydrogens is 430 g/mol. The average Bonchev–Trinajstić information content (AvgIpc) is 3.13. The Bertz CT molecular complexity index is 1260. The molecule has 1 aliphatic rings. The van der Waals surface area contributed by atoms with Crippen LogP contribution in [0.25, 0.3) is 32.9 Å². The number of carbonyl (C=O) groups is 1. The number of hydrogen-bond donors (Lipinski definition) is 0. The van der Waals surface area contributed by atoms with Gasteiger partial charge < -0.3 is 23.6 Å². The molecule has 176 valence electrons. The lowest BCUT2D eigenvalue weighted by Gasteiger charge is -2.34. The summed E-state index contributed by atoms with van der Waals surface area (Å²) < 4.78 is 19.4. The second kappa shape index (κ2) is 10.3. The fourth-order valence-electron chi connectivity index (χ4n) is 4.42. The van der Waals surface area contributed by atoms with E-state index in [1.165, 1.54) is 21.8 Å². The third-order valence-electron chi connectivity index (χ3n) is 6.38. The molecular formula is C27H29N3O4. The topological polar surface area (TPSA) is 75.5 Å². The molecule has 1 aromatic carbocycles. The molecule has 0 N–H and O–H groups in total. The first-order valence-electron chi connectivity index (χ1n) is 11.8. The van der Waals surface area contributed by atoms with Crippen LogP contribution in [0.4, 0.5) is 0 Å². The minimum Gasteiger partial charge on any atom is -0.474 e. The second-order valence-corrected chi connectivity index (χ2v) is 8.69. The van der Waals surface area contributed by atoms with Gasteiger partial charge in [-0.1, -0.05) is 12.1 Å². The van der Waals surface area contributed by atoms with Crippen LogP contribution in [0.1, 0.15) is 25.7 Å². The molecule has 0 amide bonds. The molecule has 7 nitrogen and oxygen atoms in total. The lowest BCUT2D eigenvalue weighted by molar-refractivity contribution is -0.108. The van der Waals surface area contributed by atoms with E-state index in [1.807, 2.05) is 30.7 Å². The van der Waals surface area contributed by atoms with E-state index in [9.17, 15) is 4.79 Å². The molecule has 0 unspecified atom stereocenters. The first-order chi connectivity index (χ1) is 16.7. The summed E-state index contributed by atoms with van der Waals surface area (Å²) in [4.78, 5) is 19.0. The van der Waals surface area contributed by atoms with Crippen LogP contribution >= 0.6 is 0 Å². The van der Waals surface area contributed by atoms with Gasteiger partial charge in [-0.2, -0.15) is 0 Å². The SMILES string of the molecule is Cn1c2ccncc2c2ccc(-c3ccc(O[C@H]4C[C@H](OCCCOCCC=O)C4)nc3)cc21. The lowest BCUT2D eigenvalue weighted by Crippen LogP contribution is -2.39. The number of aldehydes is 1.